The lowest BCUT2D eigenvalue weighted by Crippen LogP contribution is -2.42. The Labute approximate surface area is 126 Å². The van der Waals surface area contributed by atoms with E-state index in [0.717, 1.165) is 19.3 Å². The van der Waals surface area contributed by atoms with E-state index < -0.39 is 0 Å². The summed E-state index contributed by atoms with van der Waals surface area (Å²) in [5, 5.41) is 3.03. The first kappa shape index (κ1) is 14.4. The van der Waals surface area contributed by atoms with Crippen molar-refractivity contribution in [2.75, 3.05) is 5.88 Å². The molecule has 1 N–H and O–H groups in total. The molecule has 1 amide bonds. The summed E-state index contributed by atoms with van der Waals surface area (Å²) in [5.74, 6) is 0.797. The van der Waals surface area contributed by atoms with Crippen LogP contribution in [-0.4, -0.2) is 17.8 Å². The summed E-state index contributed by atoms with van der Waals surface area (Å²) in [5.41, 5.74) is 0.463. The summed E-state index contributed by atoms with van der Waals surface area (Å²) in [6, 6.07) is 1.76. The summed E-state index contributed by atoms with van der Waals surface area (Å²) < 4.78 is 0.971. The van der Waals surface area contributed by atoms with Gasteiger partial charge in [-0.2, -0.15) is 0 Å². The summed E-state index contributed by atoms with van der Waals surface area (Å²) in [7, 11) is 0. The number of carbonyl (C=O) groups excluding carboxylic acids is 1. The zero-order chi connectivity index (χ0) is 13.1. The lowest BCUT2D eigenvalue weighted by molar-refractivity contribution is 0.0912. The molecular formula is C12H14Cl3NOS. The summed E-state index contributed by atoms with van der Waals surface area (Å²) in [6.45, 7) is 0. The zero-order valence-electron chi connectivity index (χ0n) is 9.72. The average molecular weight is 327 g/mol. The van der Waals surface area contributed by atoms with Crippen LogP contribution in [0.4, 0.5) is 0 Å². The normalized spacial score (nSPS) is 23.9. The number of carbonyl (C=O) groups is 1. The van der Waals surface area contributed by atoms with Crippen LogP contribution < -0.4 is 5.32 Å². The topological polar surface area (TPSA) is 29.1 Å². The van der Waals surface area contributed by atoms with E-state index in [2.05, 4.69) is 5.32 Å². The van der Waals surface area contributed by atoms with E-state index >= 15 is 0 Å². The maximum Gasteiger partial charge on any atom is 0.253 e. The quantitative estimate of drug-likeness (QED) is 0.809. The Kier molecular flexibility index (Phi) is 5.19. The Hall–Kier alpha value is 0.0400. The molecule has 0 bridgehead atoms. The van der Waals surface area contributed by atoms with Crippen LogP contribution in [0.15, 0.2) is 6.07 Å². The van der Waals surface area contributed by atoms with Gasteiger partial charge in [-0.3, -0.25) is 4.79 Å². The van der Waals surface area contributed by atoms with Crippen molar-refractivity contribution in [1.82, 2.24) is 5.32 Å². The predicted octanol–water partition coefficient (Wildman–Crippen LogP) is 4.58. The first-order chi connectivity index (χ1) is 8.61. The van der Waals surface area contributed by atoms with E-state index in [-0.39, 0.29) is 11.9 Å². The molecule has 0 aliphatic heterocycles. The summed E-state index contributed by atoms with van der Waals surface area (Å²) >= 11 is 19.0. The van der Waals surface area contributed by atoms with Crippen LogP contribution in [0, 0.1) is 5.92 Å². The largest absolute Gasteiger partial charge is 0.349 e. The van der Waals surface area contributed by atoms with Gasteiger partial charge in [0.15, 0.2) is 0 Å². The van der Waals surface area contributed by atoms with Gasteiger partial charge in [0.1, 0.15) is 4.34 Å². The number of amides is 1. The first-order valence-electron chi connectivity index (χ1n) is 5.93. The second-order valence-electron chi connectivity index (χ2n) is 4.52. The third-order valence-electron chi connectivity index (χ3n) is 3.33. The smallest absolute Gasteiger partial charge is 0.253 e. The predicted molar refractivity (Wildman–Crippen MR) is 78.3 cm³/mol. The first-order valence-corrected chi connectivity index (χ1v) is 8.04. The van der Waals surface area contributed by atoms with Gasteiger partial charge in [-0.05, 0) is 24.8 Å². The molecule has 1 heterocycles. The van der Waals surface area contributed by atoms with Gasteiger partial charge in [-0.25, -0.2) is 0 Å². The third-order valence-corrected chi connectivity index (χ3v) is 5.21. The van der Waals surface area contributed by atoms with Crippen molar-refractivity contribution in [3.05, 3.63) is 20.3 Å². The van der Waals surface area contributed by atoms with E-state index in [1.165, 1.54) is 17.8 Å². The summed E-state index contributed by atoms with van der Waals surface area (Å²) in [6.07, 6.45) is 4.39. The summed E-state index contributed by atoms with van der Waals surface area (Å²) in [4.78, 5) is 12.1. The molecule has 2 nitrogen and oxygen atoms in total. The van der Waals surface area contributed by atoms with Crippen molar-refractivity contribution in [3.63, 3.8) is 0 Å². The molecule has 2 rings (SSSR count). The maximum atomic E-state index is 12.1. The zero-order valence-corrected chi connectivity index (χ0v) is 12.8. The van der Waals surface area contributed by atoms with Gasteiger partial charge in [0.05, 0.1) is 9.90 Å². The molecule has 1 saturated carbocycles. The van der Waals surface area contributed by atoms with Crippen LogP contribution in [0.1, 0.15) is 36.0 Å². The maximum absolute atomic E-state index is 12.1. The van der Waals surface area contributed by atoms with Gasteiger partial charge >= 0.3 is 0 Å². The number of thiophene rings is 1. The molecule has 1 aromatic rings. The van der Waals surface area contributed by atoms with Gasteiger partial charge in [0.2, 0.25) is 0 Å². The molecule has 2 unspecified atom stereocenters. The molecule has 6 heteroatoms. The second-order valence-corrected chi connectivity index (χ2v) is 7.11. The molecule has 1 aliphatic carbocycles. The van der Waals surface area contributed by atoms with E-state index in [9.17, 15) is 4.79 Å². The van der Waals surface area contributed by atoms with Crippen LogP contribution in [0.2, 0.25) is 8.67 Å². The van der Waals surface area contributed by atoms with Crippen molar-refractivity contribution in [2.45, 2.75) is 31.7 Å². The second kappa shape index (κ2) is 6.47. The van der Waals surface area contributed by atoms with Crippen molar-refractivity contribution < 1.29 is 4.79 Å². The molecule has 0 aromatic carbocycles. The molecule has 18 heavy (non-hydrogen) atoms. The Bertz CT molecular complexity index is 435. The third kappa shape index (κ3) is 3.32. The number of hydrogen-bond acceptors (Lipinski definition) is 2. The molecule has 1 fully saturated rings. The molecular weight excluding hydrogens is 313 g/mol. The van der Waals surface area contributed by atoms with E-state index in [1.54, 1.807) is 6.07 Å². The molecule has 0 spiro atoms. The lowest BCUT2D eigenvalue weighted by atomic mass is 9.85. The molecule has 2 atom stereocenters. The lowest BCUT2D eigenvalue weighted by Gasteiger charge is -2.30. The number of rotatable bonds is 3. The number of halogens is 3. The van der Waals surface area contributed by atoms with Crippen molar-refractivity contribution in [2.24, 2.45) is 5.92 Å². The molecule has 0 radical (unpaired) electrons. The number of alkyl halides is 1. The van der Waals surface area contributed by atoms with Crippen LogP contribution in [0.25, 0.3) is 0 Å². The highest BCUT2D eigenvalue weighted by Crippen LogP contribution is 2.32. The fourth-order valence-corrected chi connectivity index (χ4v) is 4.15. The number of nitrogens with one attached hydrogen (secondary N) is 1. The van der Waals surface area contributed by atoms with Crippen LogP contribution in [-0.2, 0) is 0 Å². The Morgan fingerprint density at radius 2 is 2.11 bits per heavy atom. The van der Waals surface area contributed by atoms with E-state index in [4.69, 9.17) is 34.8 Å². The minimum Gasteiger partial charge on any atom is -0.349 e. The monoisotopic (exact) mass is 325 g/mol. The highest BCUT2D eigenvalue weighted by molar-refractivity contribution is 7.20. The molecule has 1 aromatic heterocycles. The SMILES string of the molecule is O=C(NC1CCCCC1CCl)c1cc(Cl)sc1Cl. The van der Waals surface area contributed by atoms with E-state index in [1.807, 2.05) is 0 Å². The Morgan fingerprint density at radius 1 is 1.39 bits per heavy atom. The van der Waals surface area contributed by atoms with Gasteiger partial charge in [0.25, 0.3) is 5.91 Å². The van der Waals surface area contributed by atoms with Crippen LogP contribution in [0.3, 0.4) is 0 Å². The molecule has 1 aliphatic rings. The molecule has 100 valence electrons. The molecule has 0 saturated heterocycles. The van der Waals surface area contributed by atoms with Crippen molar-refractivity contribution in [3.8, 4) is 0 Å². The fraction of sp³-hybridized carbons (Fsp3) is 0.583. The standard InChI is InChI=1S/C12H14Cl3NOS/c13-6-7-3-1-2-4-9(7)16-12(17)8-5-10(14)18-11(8)15/h5,7,9H,1-4,6H2,(H,16,17). The van der Waals surface area contributed by atoms with Gasteiger partial charge in [-0.1, -0.05) is 36.0 Å². The van der Waals surface area contributed by atoms with Gasteiger partial charge in [0, 0.05) is 11.9 Å². The highest BCUT2D eigenvalue weighted by atomic mass is 35.5. The Morgan fingerprint density at radius 3 is 2.72 bits per heavy atom. The van der Waals surface area contributed by atoms with E-state index in [0.29, 0.717) is 26.0 Å². The minimum absolute atomic E-state index is 0.148. The fourth-order valence-electron chi connectivity index (χ4n) is 2.32. The number of hydrogen-bond donors (Lipinski definition) is 1. The Balaban J connectivity index is 2.04. The highest BCUT2D eigenvalue weighted by Gasteiger charge is 2.27. The van der Waals surface area contributed by atoms with Gasteiger partial charge in [-0.15, -0.1) is 22.9 Å². The minimum atomic E-state index is -0.148. The van der Waals surface area contributed by atoms with Gasteiger partial charge < -0.3 is 5.32 Å². The van der Waals surface area contributed by atoms with Crippen LogP contribution in [0.5, 0.6) is 0 Å². The van der Waals surface area contributed by atoms with Crippen LogP contribution >= 0.6 is 46.1 Å². The average Bonchev–Trinajstić information content (AvgIpc) is 2.69. The van der Waals surface area contributed by atoms with Crippen molar-refractivity contribution >= 4 is 52.0 Å². The van der Waals surface area contributed by atoms with Crippen molar-refractivity contribution in [1.29, 1.82) is 0 Å².